The van der Waals surface area contributed by atoms with Gasteiger partial charge in [0.15, 0.2) is 5.03 Å². The van der Waals surface area contributed by atoms with E-state index in [0.29, 0.717) is 18.3 Å². The van der Waals surface area contributed by atoms with Gasteiger partial charge in [-0.25, -0.2) is 14.7 Å². The van der Waals surface area contributed by atoms with Gasteiger partial charge in [0.05, 0.1) is 11.3 Å². The monoisotopic (exact) mass is 493 g/mol. The molecule has 8 nitrogen and oxygen atoms in total. The molecule has 184 valence electrons. The van der Waals surface area contributed by atoms with Gasteiger partial charge in [-0.2, -0.15) is 8.42 Å². The van der Waals surface area contributed by atoms with E-state index in [1.807, 2.05) is 26.0 Å². The minimum atomic E-state index is -4.22. The molecule has 1 unspecified atom stereocenters. The lowest BCUT2D eigenvalue weighted by molar-refractivity contribution is 0.0981. The summed E-state index contributed by atoms with van der Waals surface area (Å²) in [6, 6.07) is 13.8. The molecule has 1 aromatic carbocycles. The van der Waals surface area contributed by atoms with Crippen LogP contribution in [0.1, 0.15) is 48.7 Å². The van der Waals surface area contributed by atoms with E-state index in [9.17, 15) is 13.2 Å². The number of hydrogen-bond donors (Lipinski definition) is 2. The molecule has 35 heavy (non-hydrogen) atoms. The molecule has 0 bridgehead atoms. The predicted molar refractivity (Wildman–Crippen MR) is 138 cm³/mol. The Balaban J connectivity index is 1.79. The van der Waals surface area contributed by atoms with Crippen LogP contribution in [0.25, 0.3) is 11.3 Å². The first kappa shape index (κ1) is 24.7. The predicted octanol–water partition coefficient (Wildman–Crippen LogP) is 4.09. The fraction of sp³-hybridized carbons (Fsp3) is 0.346. The molecule has 1 fully saturated rings. The summed E-state index contributed by atoms with van der Waals surface area (Å²) in [6.07, 6.45) is 0.926. The number of nitrogens with zero attached hydrogens (tertiary/aromatic N) is 3. The average molecular weight is 494 g/mol. The maximum Gasteiger partial charge on any atom is 0.281 e. The van der Waals surface area contributed by atoms with Gasteiger partial charge in [-0.1, -0.05) is 36.8 Å². The molecule has 0 spiro atoms. The molecule has 1 saturated heterocycles. The van der Waals surface area contributed by atoms with Crippen molar-refractivity contribution in [3.8, 4) is 11.3 Å². The van der Waals surface area contributed by atoms with Crippen molar-refractivity contribution in [3.05, 3.63) is 65.2 Å². The molecule has 9 heteroatoms. The first-order valence-corrected chi connectivity index (χ1v) is 13.0. The summed E-state index contributed by atoms with van der Waals surface area (Å²) >= 11 is 0. The molecule has 0 aliphatic carbocycles. The molecule has 0 radical (unpaired) electrons. The number of aryl methyl sites for hydroxylation is 2. The molecule has 2 aromatic heterocycles. The molecule has 1 atom stereocenters. The molecule has 1 aliphatic rings. The molecule has 3 heterocycles. The molecule has 1 amide bonds. The highest BCUT2D eigenvalue weighted by Gasteiger charge is 2.39. The number of carbonyl (C=O) groups excluding carboxylic acids is 1. The number of aromatic nitrogens is 2. The summed E-state index contributed by atoms with van der Waals surface area (Å²) in [6.45, 7) is 11.1. The van der Waals surface area contributed by atoms with E-state index in [2.05, 4.69) is 41.4 Å². The van der Waals surface area contributed by atoms with Crippen LogP contribution >= 0.6 is 0 Å². The van der Waals surface area contributed by atoms with E-state index in [1.165, 1.54) is 18.2 Å². The smallest absolute Gasteiger partial charge is 0.281 e. The Hall–Kier alpha value is -3.46. The first-order chi connectivity index (χ1) is 16.4. The second-order valence-corrected chi connectivity index (χ2v) is 11.6. The molecule has 1 aliphatic heterocycles. The Kier molecular flexibility index (Phi) is 6.31. The summed E-state index contributed by atoms with van der Waals surface area (Å²) in [5, 5.41) is -0.317. The van der Waals surface area contributed by atoms with Crippen molar-refractivity contribution in [2.24, 2.45) is 5.92 Å². The largest absolute Gasteiger partial charge is 0.384 e. The van der Waals surface area contributed by atoms with Crippen molar-refractivity contribution in [1.82, 2.24) is 14.7 Å². The van der Waals surface area contributed by atoms with Gasteiger partial charge in [-0.05, 0) is 69.9 Å². The number of nitrogens with two attached hydrogens (primary N) is 1. The van der Waals surface area contributed by atoms with Crippen LogP contribution in [0.15, 0.2) is 53.6 Å². The molecule has 3 aromatic rings. The number of rotatable bonds is 5. The Labute approximate surface area is 206 Å². The van der Waals surface area contributed by atoms with Crippen molar-refractivity contribution in [2.75, 3.05) is 17.2 Å². The minimum Gasteiger partial charge on any atom is -0.384 e. The van der Waals surface area contributed by atoms with Crippen LogP contribution in [0, 0.1) is 19.8 Å². The summed E-state index contributed by atoms with van der Waals surface area (Å²) in [5.74, 6) is 0.144. The van der Waals surface area contributed by atoms with E-state index in [4.69, 9.17) is 10.7 Å². The Morgan fingerprint density at radius 2 is 1.86 bits per heavy atom. The second-order valence-electron chi connectivity index (χ2n) is 9.95. The SMILES string of the molecule is Cc1ccc(-c2ccc(C(=O)NS(=O)(=O)c3cccc(N)n3)c(N3CC(C)CC3(C)C)n2)c(C)c1. The maximum atomic E-state index is 13.3. The van der Waals surface area contributed by atoms with Gasteiger partial charge in [-0.3, -0.25) is 4.79 Å². The number of hydrogen-bond acceptors (Lipinski definition) is 7. The summed E-state index contributed by atoms with van der Waals surface area (Å²) in [5.41, 5.74) is 9.48. The summed E-state index contributed by atoms with van der Waals surface area (Å²) in [7, 11) is -4.22. The van der Waals surface area contributed by atoms with E-state index in [1.54, 1.807) is 12.1 Å². The van der Waals surface area contributed by atoms with Gasteiger partial charge >= 0.3 is 0 Å². The third kappa shape index (κ3) is 5.00. The van der Waals surface area contributed by atoms with Crippen molar-refractivity contribution in [3.63, 3.8) is 0 Å². The number of anilines is 2. The summed E-state index contributed by atoms with van der Waals surface area (Å²) < 4.78 is 27.9. The van der Waals surface area contributed by atoms with Gasteiger partial charge in [0.25, 0.3) is 15.9 Å². The minimum absolute atomic E-state index is 0.0494. The number of benzene rings is 1. The molecular weight excluding hydrogens is 462 g/mol. The van der Waals surface area contributed by atoms with Crippen LogP contribution in [-0.2, 0) is 10.0 Å². The number of nitrogens with one attached hydrogen (secondary N) is 1. The second kappa shape index (κ2) is 8.96. The first-order valence-electron chi connectivity index (χ1n) is 11.5. The van der Waals surface area contributed by atoms with E-state index in [-0.39, 0.29) is 21.9 Å². The quantitative estimate of drug-likeness (QED) is 0.550. The Morgan fingerprint density at radius 3 is 2.49 bits per heavy atom. The van der Waals surface area contributed by atoms with Gasteiger partial charge in [0.2, 0.25) is 0 Å². The number of sulfonamides is 1. The molecular formula is C26H31N5O3S. The summed E-state index contributed by atoms with van der Waals surface area (Å²) in [4.78, 5) is 24.2. The van der Waals surface area contributed by atoms with Crippen LogP contribution in [-0.4, -0.2) is 36.4 Å². The van der Waals surface area contributed by atoms with E-state index >= 15 is 0 Å². The fourth-order valence-corrected chi connectivity index (χ4v) is 5.79. The van der Waals surface area contributed by atoms with Gasteiger partial charge in [0.1, 0.15) is 11.6 Å². The Morgan fingerprint density at radius 1 is 1.11 bits per heavy atom. The van der Waals surface area contributed by atoms with Crippen molar-refractivity contribution in [2.45, 2.75) is 51.6 Å². The highest BCUT2D eigenvalue weighted by molar-refractivity contribution is 7.90. The number of pyridine rings is 2. The molecule has 4 rings (SSSR count). The molecule has 0 saturated carbocycles. The zero-order chi connectivity index (χ0) is 25.5. The molecule has 3 N–H and O–H groups in total. The number of nitrogen functional groups attached to an aromatic ring is 1. The zero-order valence-corrected chi connectivity index (χ0v) is 21.5. The van der Waals surface area contributed by atoms with Gasteiger partial charge < -0.3 is 10.6 Å². The third-order valence-electron chi connectivity index (χ3n) is 6.35. The Bertz CT molecular complexity index is 1400. The topological polar surface area (TPSA) is 118 Å². The van der Waals surface area contributed by atoms with Crippen LogP contribution < -0.4 is 15.4 Å². The van der Waals surface area contributed by atoms with Crippen LogP contribution in [0.5, 0.6) is 0 Å². The van der Waals surface area contributed by atoms with Crippen LogP contribution in [0.2, 0.25) is 0 Å². The lowest BCUT2D eigenvalue weighted by atomic mass is 9.97. The number of amides is 1. The van der Waals surface area contributed by atoms with Crippen molar-refractivity contribution >= 4 is 27.6 Å². The van der Waals surface area contributed by atoms with Crippen molar-refractivity contribution in [1.29, 1.82) is 0 Å². The third-order valence-corrected chi connectivity index (χ3v) is 7.59. The van der Waals surface area contributed by atoms with Crippen LogP contribution in [0.4, 0.5) is 11.6 Å². The highest BCUT2D eigenvalue weighted by Crippen LogP contribution is 2.38. The van der Waals surface area contributed by atoms with Crippen LogP contribution in [0.3, 0.4) is 0 Å². The fourth-order valence-electron chi connectivity index (χ4n) is 4.85. The number of carbonyl (C=O) groups is 1. The zero-order valence-electron chi connectivity index (χ0n) is 20.7. The van der Waals surface area contributed by atoms with E-state index in [0.717, 1.165) is 28.8 Å². The average Bonchev–Trinajstić information content (AvgIpc) is 3.04. The standard InChI is InChI=1S/C26H31N5O3S/c1-16-9-10-19(18(3)13-16)21-12-11-20(24(28-21)31-15-17(2)14-26(31,4)5)25(32)30-35(33,34)23-8-6-7-22(27)29-23/h6-13,17H,14-15H2,1-5H3,(H2,27,29)(H,30,32). The van der Waals surface area contributed by atoms with Crippen molar-refractivity contribution < 1.29 is 13.2 Å². The van der Waals surface area contributed by atoms with Gasteiger partial charge in [-0.15, -0.1) is 0 Å². The maximum absolute atomic E-state index is 13.3. The lowest BCUT2D eigenvalue weighted by Crippen LogP contribution is -2.41. The lowest BCUT2D eigenvalue weighted by Gasteiger charge is -2.34. The normalized spacial score (nSPS) is 17.4. The van der Waals surface area contributed by atoms with E-state index < -0.39 is 15.9 Å². The van der Waals surface area contributed by atoms with Gasteiger partial charge in [0, 0.05) is 17.6 Å². The highest BCUT2D eigenvalue weighted by atomic mass is 32.2.